The molecule has 1 N–H and O–H groups in total. The number of fused-ring (bicyclic) bond motifs is 3. The van der Waals surface area contributed by atoms with Gasteiger partial charge >= 0.3 is 0 Å². The molecule has 2 aromatic carbocycles. The number of hydrogen-bond donors (Lipinski definition) is 1. The molecule has 3 aromatic rings. The average molecular weight is 695 g/mol. The molecule has 284 valence electrons. The fourth-order valence-corrected chi connectivity index (χ4v) is 7.73. The molecule has 3 rings (SSSR count). The minimum Gasteiger partial charge on any atom is -0.493 e. The highest BCUT2D eigenvalue weighted by molar-refractivity contribution is 6.11. The third-order valence-corrected chi connectivity index (χ3v) is 10.7. The van der Waals surface area contributed by atoms with Crippen molar-refractivity contribution in [3.8, 4) is 17.2 Å². The van der Waals surface area contributed by atoms with Crippen molar-refractivity contribution in [2.45, 2.75) is 193 Å². The number of hydrogen-bond acceptors (Lipinski definition) is 5. The molecule has 1 aromatic heterocycles. The molecule has 5 nitrogen and oxygen atoms in total. The van der Waals surface area contributed by atoms with E-state index in [0.29, 0.717) is 0 Å². The number of benzene rings is 2. The van der Waals surface area contributed by atoms with E-state index in [1.165, 1.54) is 134 Å². The largest absolute Gasteiger partial charge is 0.493 e. The summed E-state index contributed by atoms with van der Waals surface area (Å²) in [5.41, 5.74) is 3.97. The zero-order valence-electron chi connectivity index (χ0n) is 33.0. The van der Waals surface area contributed by atoms with E-state index in [-0.39, 0.29) is 6.10 Å². The Kier molecular flexibility index (Phi) is 21.5. The average Bonchev–Trinajstić information content (AvgIpc) is 3.50. The van der Waals surface area contributed by atoms with Gasteiger partial charge < -0.3 is 23.7 Å². The molecule has 0 amide bonds. The highest BCUT2D eigenvalue weighted by atomic mass is 16.5. The summed E-state index contributed by atoms with van der Waals surface area (Å²) in [7, 11) is 5.22. The van der Waals surface area contributed by atoms with Gasteiger partial charge in [-0.2, -0.15) is 0 Å². The van der Waals surface area contributed by atoms with Crippen molar-refractivity contribution >= 4 is 21.9 Å². The summed E-state index contributed by atoms with van der Waals surface area (Å²) in [4.78, 5) is 0. The normalized spacial score (nSPS) is 12.3. The van der Waals surface area contributed by atoms with Gasteiger partial charge in [0.25, 0.3) is 0 Å². The zero-order chi connectivity index (χ0) is 35.8. The lowest BCUT2D eigenvalue weighted by atomic mass is 9.99. The Hall–Kier alpha value is -2.40. The minimum atomic E-state index is -0.120. The van der Waals surface area contributed by atoms with Crippen molar-refractivity contribution in [2.75, 3.05) is 21.3 Å². The van der Waals surface area contributed by atoms with Gasteiger partial charge in [0.15, 0.2) is 22.8 Å². The van der Waals surface area contributed by atoms with Crippen LogP contribution in [0.3, 0.4) is 0 Å². The van der Waals surface area contributed by atoms with E-state index < -0.39 is 0 Å². The Balaban J connectivity index is 1.49. The summed E-state index contributed by atoms with van der Waals surface area (Å²) in [6, 6.07) is 6.52. The number of aryl methyl sites for hydroxylation is 2. The van der Waals surface area contributed by atoms with Gasteiger partial charge in [-0.3, -0.25) is 0 Å². The molecule has 0 radical (unpaired) electrons. The van der Waals surface area contributed by atoms with Crippen LogP contribution in [-0.4, -0.2) is 32.5 Å². The van der Waals surface area contributed by atoms with Crippen LogP contribution in [-0.2, 0) is 12.8 Å². The molecule has 50 heavy (non-hydrogen) atoms. The second kappa shape index (κ2) is 25.5. The van der Waals surface area contributed by atoms with Gasteiger partial charge in [0.1, 0.15) is 5.58 Å². The van der Waals surface area contributed by atoms with Crippen LogP contribution in [0.5, 0.6) is 17.2 Å². The lowest BCUT2D eigenvalue weighted by molar-refractivity contribution is 0.147. The van der Waals surface area contributed by atoms with Gasteiger partial charge in [-0.15, -0.1) is 0 Å². The number of aliphatic hydroxyl groups excluding tert-OH is 1. The van der Waals surface area contributed by atoms with Gasteiger partial charge in [-0.05, 0) is 56.2 Å². The number of methoxy groups -OCH3 is 3. The molecule has 0 aliphatic rings. The van der Waals surface area contributed by atoms with E-state index in [9.17, 15) is 5.11 Å². The summed E-state index contributed by atoms with van der Waals surface area (Å²) >= 11 is 0. The quantitative estimate of drug-likeness (QED) is 0.0679. The molecular weight excluding hydrogens is 620 g/mol. The second-order valence-corrected chi connectivity index (χ2v) is 14.9. The SMILES string of the molecule is CCCCCCCCCCCCCCCc1cc2oc3c(OC)c(CCCCCCC[C@H](O)CCCCCCC)ccc3c2c(OC)c1OC. The predicted octanol–water partition coefficient (Wildman–Crippen LogP) is 13.8. The Morgan fingerprint density at radius 3 is 1.44 bits per heavy atom. The lowest BCUT2D eigenvalue weighted by Gasteiger charge is -2.14. The van der Waals surface area contributed by atoms with Gasteiger partial charge in [0.2, 0.25) is 0 Å². The maximum absolute atomic E-state index is 10.3. The van der Waals surface area contributed by atoms with E-state index in [1.807, 2.05) is 0 Å². The molecule has 0 bridgehead atoms. The molecule has 1 atom stereocenters. The van der Waals surface area contributed by atoms with Gasteiger partial charge in [-0.1, -0.05) is 155 Å². The van der Waals surface area contributed by atoms with Gasteiger partial charge in [0, 0.05) is 10.9 Å². The second-order valence-electron chi connectivity index (χ2n) is 14.9. The van der Waals surface area contributed by atoms with Crippen LogP contribution in [0.1, 0.15) is 185 Å². The third-order valence-electron chi connectivity index (χ3n) is 10.7. The van der Waals surface area contributed by atoms with Crippen molar-refractivity contribution in [3.05, 3.63) is 29.3 Å². The Bertz CT molecular complexity index is 1310. The first-order valence-electron chi connectivity index (χ1n) is 20.9. The Labute approximate surface area is 306 Å². The fourth-order valence-electron chi connectivity index (χ4n) is 7.73. The van der Waals surface area contributed by atoms with E-state index in [2.05, 4.69) is 32.0 Å². The Morgan fingerprint density at radius 1 is 0.520 bits per heavy atom. The minimum absolute atomic E-state index is 0.120. The standard InChI is InChI=1S/C45H74O5/c1-6-8-10-12-13-14-15-16-17-18-19-22-26-30-37-35-40-41(45(49-5)43(37)48-4)39-34-33-36(42(47-3)44(39)50-40)29-25-23-20-24-28-32-38(46)31-27-21-11-9-7-2/h33-35,38,46H,6-32H2,1-5H3/t38-/m1/s1. The number of ether oxygens (including phenoxy) is 3. The summed E-state index contributed by atoms with van der Waals surface area (Å²) in [5.74, 6) is 2.41. The van der Waals surface area contributed by atoms with Crippen LogP contribution in [0.15, 0.2) is 22.6 Å². The molecule has 0 saturated heterocycles. The number of aliphatic hydroxyl groups is 1. The number of rotatable bonds is 31. The van der Waals surface area contributed by atoms with E-state index in [1.54, 1.807) is 21.3 Å². The molecule has 0 fully saturated rings. The predicted molar refractivity (Wildman–Crippen MR) is 214 cm³/mol. The van der Waals surface area contributed by atoms with E-state index in [4.69, 9.17) is 18.6 Å². The third kappa shape index (κ3) is 14.0. The summed E-state index contributed by atoms with van der Waals surface area (Å²) in [6.07, 6.45) is 33.4. The molecule has 5 heteroatoms. The first kappa shape index (κ1) is 42.0. The first-order chi connectivity index (χ1) is 24.6. The van der Waals surface area contributed by atoms with Gasteiger partial charge in [-0.25, -0.2) is 0 Å². The topological polar surface area (TPSA) is 61.1 Å². The molecule has 0 spiro atoms. The molecular formula is C45H74O5. The number of unbranched alkanes of at least 4 members (excludes halogenated alkanes) is 20. The van der Waals surface area contributed by atoms with Crippen molar-refractivity contribution in [1.82, 2.24) is 0 Å². The van der Waals surface area contributed by atoms with Crippen LogP contribution in [0.2, 0.25) is 0 Å². The van der Waals surface area contributed by atoms with E-state index in [0.717, 1.165) is 89.7 Å². The van der Waals surface area contributed by atoms with Crippen LogP contribution in [0, 0.1) is 0 Å². The van der Waals surface area contributed by atoms with Crippen LogP contribution in [0.25, 0.3) is 21.9 Å². The van der Waals surface area contributed by atoms with Crippen molar-refractivity contribution in [3.63, 3.8) is 0 Å². The highest BCUT2D eigenvalue weighted by Crippen LogP contribution is 2.47. The van der Waals surface area contributed by atoms with Crippen molar-refractivity contribution < 1.29 is 23.7 Å². The molecule has 0 aliphatic heterocycles. The summed E-state index contributed by atoms with van der Waals surface area (Å²) in [5, 5.41) is 12.3. The van der Waals surface area contributed by atoms with Crippen molar-refractivity contribution in [1.29, 1.82) is 0 Å². The highest BCUT2D eigenvalue weighted by Gasteiger charge is 2.23. The van der Waals surface area contributed by atoms with Crippen LogP contribution >= 0.6 is 0 Å². The summed E-state index contributed by atoms with van der Waals surface area (Å²) in [6.45, 7) is 4.53. The Morgan fingerprint density at radius 2 is 0.960 bits per heavy atom. The lowest BCUT2D eigenvalue weighted by Crippen LogP contribution is -2.05. The van der Waals surface area contributed by atoms with E-state index >= 15 is 0 Å². The monoisotopic (exact) mass is 695 g/mol. The molecule has 1 heterocycles. The smallest absolute Gasteiger partial charge is 0.177 e. The fraction of sp³-hybridized carbons (Fsp3) is 0.733. The van der Waals surface area contributed by atoms with Crippen molar-refractivity contribution in [2.24, 2.45) is 0 Å². The maximum Gasteiger partial charge on any atom is 0.177 e. The molecule has 0 saturated carbocycles. The number of furan rings is 1. The maximum atomic E-state index is 10.3. The zero-order valence-corrected chi connectivity index (χ0v) is 33.0. The van der Waals surface area contributed by atoms with Crippen LogP contribution < -0.4 is 14.2 Å². The van der Waals surface area contributed by atoms with Gasteiger partial charge in [0.05, 0.1) is 32.8 Å². The molecule has 0 aliphatic carbocycles. The molecule has 0 unspecified atom stereocenters. The summed E-state index contributed by atoms with van der Waals surface area (Å²) < 4.78 is 24.5. The first-order valence-corrected chi connectivity index (χ1v) is 20.9. The van der Waals surface area contributed by atoms with Crippen LogP contribution in [0.4, 0.5) is 0 Å².